The van der Waals surface area contributed by atoms with E-state index < -0.39 is 47.3 Å². The largest absolute Gasteiger partial charge is 0.381 e. The second-order valence-corrected chi connectivity index (χ2v) is 10.5. The van der Waals surface area contributed by atoms with Crippen molar-refractivity contribution < 1.29 is 26.7 Å². The molecule has 0 unspecified atom stereocenters. The number of rotatable bonds is 8. The van der Waals surface area contributed by atoms with Crippen LogP contribution in [0.3, 0.4) is 0 Å². The van der Waals surface area contributed by atoms with Crippen LogP contribution in [-0.4, -0.2) is 47.5 Å². The summed E-state index contributed by atoms with van der Waals surface area (Å²) in [6.45, 7) is 2.31. The summed E-state index contributed by atoms with van der Waals surface area (Å²) in [5.41, 5.74) is -3.00. The number of carbonyl (C=O) groups excluding carboxylic acids is 1. The van der Waals surface area contributed by atoms with Gasteiger partial charge in [0.05, 0.1) is 22.9 Å². The molecule has 3 aliphatic rings. The number of alkyl halides is 4. The Morgan fingerprint density at radius 3 is 2.41 bits per heavy atom. The minimum Gasteiger partial charge on any atom is -0.381 e. The van der Waals surface area contributed by atoms with Crippen LogP contribution < -0.4 is 16.2 Å². The highest BCUT2D eigenvalue weighted by molar-refractivity contribution is 5.99. The molecule has 2 bridgehead atoms. The molecule has 0 spiro atoms. The smallest absolute Gasteiger partial charge is 0.266 e. The van der Waals surface area contributed by atoms with Gasteiger partial charge >= 0.3 is 0 Å². The molecular weight excluding hydrogens is 495 g/mol. The number of halogens is 5. The average Bonchev–Trinajstić information content (AvgIpc) is 3.44. The fourth-order valence-electron chi connectivity index (χ4n) is 5.85. The number of likely N-dealkylation sites (tertiary alicyclic amines) is 1. The van der Waals surface area contributed by atoms with Crippen LogP contribution in [0.4, 0.5) is 27.6 Å². The molecule has 2 saturated carbocycles. The predicted molar refractivity (Wildman–Crippen MR) is 128 cm³/mol. The quantitative estimate of drug-likeness (QED) is 0.493. The topological polar surface area (TPSA) is 66.4 Å². The van der Waals surface area contributed by atoms with Gasteiger partial charge in [0.15, 0.2) is 0 Å². The van der Waals surface area contributed by atoms with Gasteiger partial charge in [-0.2, -0.15) is 0 Å². The molecule has 1 aromatic carbocycles. The molecule has 37 heavy (non-hydrogen) atoms. The van der Waals surface area contributed by atoms with Crippen LogP contribution in [0.2, 0.25) is 0 Å². The maximum absolute atomic E-state index is 14.7. The number of aromatic nitrogens is 1. The number of benzene rings is 1. The van der Waals surface area contributed by atoms with Gasteiger partial charge in [0.2, 0.25) is 0 Å². The second-order valence-electron chi connectivity index (χ2n) is 10.5. The number of amides is 1. The summed E-state index contributed by atoms with van der Waals surface area (Å²) in [6.07, 6.45) is -2.64. The SMILES string of the molecule is C[C@@H](NC(=O)c1cn(C2(C(F)F)CC2)c(=O)cc1N[C@H]1C[C@@H]2C[C@H]1CN2C)c1cccc(C(F)F)c1F. The van der Waals surface area contributed by atoms with Crippen molar-refractivity contribution in [1.82, 2.24) is 14.8 Å². The van der Waals surface area contributed by atoms with Gasteiger partial charge in [-0.1, -0.05) is 18.2 Å². The summed E-state index contributed by atoms with van der Waals surface area (Å²) in [4.78, 5) is 28.6. The number of hydrogen-bond donors (Lipinski definition) is 2. The monoisotopic (exact) mass is 524 g/mol. The van der Waals surface area contributed by atoms with Crippen molar-refractivity contribution in [1.29, 1.82) is 0 Å². The normalized spacial score (nSPS) is 25.1. The van der Waals surface area contributed by atoms with Crippen molar-refractivity contribution in [2.75, 3.05) is 18.9 Å². The van der Waals surface area contributed by atoms with Crippen LogP contribution >= 0.6 is 0 Å². The first kappa shape index (κ1) is 25.7. The lowest BCUT2D eigenvalue weighted by molar-refractivity contribution is 0.0648. The first-order valence-electron chi connectivity index (χ1n) is 12.4. The molecule has 200 valence electrons. The van der Waals surface area contributed by atoms with E-state index in [0.29, 0.717) is 12.0 Å². The summed E-state index contributed by atoms with van der Waals surface area (Å²) >= 11 is 0. The Kier molecular flexibility index (Phi) is 6.54. The summed E-state index contributed by atoms with van der Waals surface area (Å²) < 4.78 is 69.6. The third kappa shape index (κ3) is 4.51. The maximum Gasteiger partial charge on any atom is 0.266 e. The third-order valence-corrected chi connectivity index (χ3v) is 8.21. The number of pyridine rings is 1. The maximum atomic E-state index is 14.7. The summed E-state index contributed by atoms with van der Waals surface area (Å²) in [5, 5.41) is 5.90. The van der Waals surface area contributed by atoms with Gasteiger partial charge in [-0.3, -0.25) is 9.59 Å². The van der Waals surface area contributed by atoms with Crippen molar-refractivity contribution in [2.24, 2.45) is 5.92 Å². The minimum absolute atomic E-state index is 0.00516. The van der Waals surface area contributed by atoms with Crippen LogP contribution in [0.1, 0.15) is 66.6 Å². The number of hydrogen-bond acceptors (Lipinski definition) is 4. The Balaban J connectivity index is 1.47. The average molecular weight is 525 g/mol. The van der Waals surface area contributed by atoms with E-state index in [9.17, 15) is 31.5 Å². The van der Waals surface area contributed by atoms with E-state index in [4.69, 9.17) is 0 Å². The molecule has 3 fully saturated rings. The van der Waals surface area contributed by atoms with Gasteiger partial charge in [-0.05, 0) is 45.6 Å². The van der Waals surface area contributed by atoms with Gasteiger partial charge in [0.1, 0.15) is 11.4 Å². The molecule has 1 aromatic heterocycles. The van der Waals surface area contributed by atoms with Gasteiger partial charge in [-0.15, -0.1) is 0 Å². The second kappa shape index (κ2) is 9.41. The van der Waals surface area contributed by atoms with Crippen LogP contribution in [-0.2, 0) is 5.54 Å². The molecule has 11 heteroatoms. The zero-order chi connectivity index (χ0) is 26.6. The number of carbonyl (C=O) groups is 1. The number of nitrogens with zero attached hydrogens (tertiary/aromatic N) is 2. The van der Waals surface area contributed by atoms with Gasteiger partial charge in [0.25, 0.3) is 24.3 Å². The van der Waals surface area contributed by atoms with E-state index in [1.807, 2.05) is 7.05 Å². The fourth-order valence-corrected chi connectivity index (χ4v) is 5.85. The summed E-state index contributed by atoms with van der Waals surface area (Å²) in [6, 6.07) is 4.12. The predicted octanol–water partition coefficient (Wildman–Crippen LogP) is 4.67. The lowest BCUT2D eigenvalue weighted by Gasteiger charge is -2.30. The van der Waals surface area contributed by atoms with Crippen molar-refractivity contribution >= 4 is 11.6 Å². The highest BCUT2D eigenvalue weighted by Crippen LogP contribution is 2.48. The molecule has 5 rings (SSSR count). The van der Waals surface area contributed by atoms with Crippen molar-refractivity contribution in [3.05, 3.63) is 63.3 Å². The molecule has 2 N–H and O–H groups in total. The Bertz CT molecular complexity index is 1260. The molecular formula is C26H29F5N4O2. The Morgan fingerprint density at radius 2 is 1.84 bits per heavy atom. The van der Waals surface area contributed by atoms with Crippen molar-refractivity contribution in [3.8, 4) is 0 Å². The van der Waals surface area contributed by atoms with Gasteiger partial charge in [0, 0.05) is 36.5 Å². The molecule has 1 amide bonds. The first-order valence-corrected chi connectivity index (χ1v) is 12.4. The number of fused-ring (bicyclic) bond motifs is 2. The van der Waals surface area contributed by atoms with E-state index in [1.165, 1.54) is 25.1 Å². The third-order valence-electron chi connectivity index (χ3n) is 8.21. The molecule has 1 saturated heterocycles. The van der Waals surface area contributed by atoms with Gasteiger partial charge < -0.3 is 20.1 Å². The Hall–Kier alpha value is -2.95. The molecule has 2 aliphatic carbocycles. The Morgan fingerprint density at radius 1 is 1.14 bits per heavy atom. The fraction of sp³-hybridized carbons (Fsp3) is 0.538. The number of nitrogens with one attached hydrogen (secondary N) is 2. The molecule has 1 aliphatic heterocycles. The first-order chi connectivity index (χ1) is 17.5. The van der Waals surface area contributed by atoms with E-state index in [2.05, 4.69) is 15.5 Å². The molecule has 6 nitrogen and oxygen atoms in total. The zero-order valence-electron chi connectivity index (χ0n) is 20.5. The van der Waals surface area contributed by atoms with Gasteiger partial charge in [-0.25, -0.2) is 22.0 Å². The molecule has 0 radical (unpaired) electrons. The minimum atomic E-state index is -3.02. The van der Waals surface area contributed by atoms with E-state index in [1.54, 1.807) is 0 Å². The lowest BCUT2D eigenvalue weighted by Crippen LogP contribution is -2.40. The van der Waals surface area contributed by atoms with E-state index in [-0.39, 0.29) is 35.7 Å². The highest BCUT2D eigenvalue weighted by atomic mass is 19.3. The number of piperidine rings is 1. The highest BCUT2D eigenvalue weighted by Gasteiger charge is 2.54. The van der Waals surface area contributed by atoms with Crippen molar-refractivity contribution in [2.45, 2.75) is 69.1 Å². The Labute approximate surface area is 210 Å². The van der Waals surface area contributed by atoms with E-state index >= 15 is 0 Å². The number of anilines is 1. The van der Waals surface area contributed by atoms with Crippen LogP contribution in [0.15, 0.2) is 35.3 Å². The van der Waals surface area contributed by atoms with Crippen LogP contribution in [0.25, 0.3) is 0 Å². The molecule has 2 heterocycles. The van der Waals surface area contributed by atoms with Crippen LogP contribution in [0.5, 0.6) is 0 Å². The lowest BCUT2D eigenvalue weighted by atomic mass is 10.0. The summed E-state index contributed by atoms with van der Waals surface area (Å²) in [5.74, 6) is -1.53. The van der Waals surface area contributed by atoms with Crippen molar-refractivity contribution in [3.63, 3.8) is 0 Å². The summed E-state index contributed by atoms with van der Waals surface area (Å²) in [7, 11) is 2.05. The molecule has 4 atom stereocenters. The van der Waals surface area contributed by atoms with E-state index in [0.717, 1.165) is 36.2 Å². The van der Waals surface area contributed by atoms with Crippen LogP contribution in [0, 0.1) is 11.7 Å². The standard InChI is InChI=1S/C26H29F5N4O2/c1-13(16-4-3-5-17(22(16)27)23(28)29)32-24(37)18-12-35(26(6-7-26)25(30)31)21(36)10-20(18)33-19-9-15-8-14(19)11-34(15)2/h3-5,10,12-15,19,23,25,33H,6-9,11H2,1-2H3,(H,32,37)/t13-,14+,15+,19+/m1/s1. The molecule has 2 aromatic rings. The zero-order valence-corrected chi connectivity index (χ0v) is 20.5.